The lowest BCUT2D eigenvalue weighted by Gasteiger charge is -2.29. The molecule has 2 heterocycles. The van der Waals surface area contributed by atoms with Gasteiger partial charge in [-0.05, 0) is 130 Å². The van der Waals surface area contributed by atoms with Crippen molar-refractivity contribution in [1.29, 1.82) is 0 Å². The Hall–Kier alpha value is -8.79. The predicted octanol–water partition coefficient (Wildman–Crippen LogP) is 18.0. The Bertz CT molecular complexity index is 4480. The molecule has 0 N–H and O–H groups in total. The van der Waals surface area contributed by atoms with Gasteiger partial charge in [-0.2, -0.15) is 0 Å². The molecule has 0 spiro atoms. The first-order valence-electron chi connectivity index (χ1n) is 24.0. The van der Waals surface area contributed by atoms with Crippen molar-refractivity contribution < 1.29 is 0 Å². The predicted molar refractivity (Wildman–Crippen MR) is 293 cm³/mol. The van der Waals surface area contributed by atoms with Gasteiger partial charge in [0.1, 0.15) is 5.82 Å². The summed E-state index contributed by atoms with van der Waals surface area (Å²) in [6.07, 6.45) is 1.97. The third-order valence-electron chi connectivity index (χ3n) is 15.5. The van der Waals surface area contributed by atoms with Crippen LogP contribution < -0.4 is 4.90 Å². The quantitative estimate of drug-likeness (QED) is 0.164. The fourth-order valence-electron chi connectivity index (χ4n) is 12.4. The van der Waals surface area contributed by atoms with Crippen molar-refractivity contribution >= 4 is 114 Å². The third-order valence-corrected chi connectivity index (χ3v) is 15.5. The van der Waals surface area contributed by atoms with Gasteiger partial charge >= 0.3 is 0 Å². The third kappa shape index (κ3) is 5.30. The number of rotatable bonds is 4. The lowest BCUT2D eigenvalue weighted by molar-refractivity contribution is 0.661. The minimum absolute atomic E-state index is 0.301. The van der Waals surface area contributed by atoms with Crippen LogP contribution >= 0.6 is 0 Å². The van der Waals surface area contributed by atoms with Crippen LogP contribution in [0.5, 0.6) is 0 Å². The van der Waals surface area contributed by atoms with Gasteiger partial charge in [0, 0.05) is 49.9 Å². The Morgan fingerprint density at radius 3 is 1.68 bits per heavy atom. The van der Waals surface area contributed by atoms with Crippen molar-refractivity contribution in [2.24, 2.45) is 0 Å². The summed E-state index contributed by atoms with van der Waals surface area (Å²) in [4.78, 5) is 7.75. The summed E-state index contributed by atoms with van der Waals surface area (Å²) in [6.45, 7) is 4.83. The largest absolute Gasteiger partial charge is 0.310 e. The van der Waals surface area contributed by atoms with Crippen LogP contribution in [0.4, 0.5) is 17.1 Å². The van der Waals surface area contributed by atoms with Crippen molar-refractivity contribution in [2.75, 3.05) is 4.90 Å². The Morgan fingerprint density at radius 1 is 0.377 bits per heavy atom. The monoisotopic (exact) mass is 877 g/mol. The van der Waals surface area contributed by atoms with Crippen LogP contribution in [-0.2, 0) is 5.41 Å². The average molecular weight is 878 g/mol. The van der Waals surface area contributed by atoms with E-state index in [9.17, 15) is 0 Å². The molecule has 0 aliphatic heterocycles. The number of anilines is 3. The molecule has 3 nitrogen and oxygen atoms in total. The Balaban J connectivity index is 1.01. The maximum absolute atomic E-state index is 5.27. The van der Waals surface area contributed by atoms with Crippen molar-refractivity contribution in [3.05, 3.63) is 236 Å². The van der Waals surface area contributed by atoms with Gasteiger partial charge in [-0.25, -0.2) is 4.98 Å². The van der Waals surface area contributed by atoms with Crippen LogP contribution in [0.2, 0.25) is 0 Å². The van der Waals surface area contributed by atoms with Gasteiger partial charge in [0.15, 0.2) is 0 Å². The van der Waals surface area contributed by atoms with E-state index in [0.29, 0.717) is 0 Å². The summed E-state index contributed by atoms with van der Waals surface area (Å²) in [5, 5.41) is 19.8. The summed E-state index contributed by atoms with van der Waals surface area (Å²) in [6, 6.07) is 81.1. The molecule has 322 valence electrons. The van der Waals surface area contributed by atoms with Gasteiger partial charge in [0.2, 0.25) is 0 Å². The van der Waals surface area contributed by atoms with Crippen LogP contribution in [0, 0.1) is 0 Å². The highest BCUT2D eigenvalue weighted by Crippen LogP contribution is 2.54. The molecule has 0 bridgehead atoms. The van der Waals surface area contributed by atoms with E-state index >= 15 is 0 Å². The van der Waals surface area contributed by atoms with E-state index < -0.39 is 0 Å². The maximum atomic E-state index is 5.27. The van der Waals surface area contributed by atoms with Gasteiger partial charge in [0.25, 0.3) is 0 Å². The van der Waals surface area contributed by atoms with Gasteiger partial charge in [-0.1, -0.05) is 184 Å². The van der Waals surface area contributed by atoms with Crippen molar-refractivity contribution in [1.82, 2.24) is 9.55 Å². The molecule has 0 radical (unpaired) electrons. The standard InChI is InChI=1S/C66H43N3/c1-66(2)59-36-43(68(42-18-4-3-5-19-42)61-38-56-44-20-8-6-16-40(44)28-30-50(56)47-23-12-14-26-52(47)61)29-31-51(59)57-39-62-58(37-60(57)66)55-33-32-54-49-25-11-10-22-46(49)48-24-13-15-27-53(48)63(54)64(55)69(62)65-45-21-9-7-17-41(45)34-35-67-65/h3-39H,1-2H3. The van der Waals surface area contributed by atoms with Crippen molar-refractivity contribution in [2.45, 2.75) is 19.3 Å². The molecule has 69 heavy (non-hydrogen) atoms. The van der Waals surface area contributed by atoms with Crippen LogP contribution in [0.15, 0.2) is 225 Å². The first kappa shape index (κ1) is 38.3. The summed E-state index contributed by atoms with van der Waals surface area (Å²) < 4.78 is 2.49. The van der Waals surface area contributed by atoms with Crippen LogP contribution in [0.1, 0.15) is 25.0 Å². The molecule has 14 aromatic rings. The summed E-state index contributed by atoms with van der Waals surface area (Å²) >= 11 is 0. The molecule has 15 rings (SSSR count). The molecule has 1 aliphatic carbocycles. The van der Waals surface area contributed by atoms with Crippen LogP contribution in [0.3, 0.4) is 0 Å². The summed E-state index contributed by atoms with van der Waals surface area (Å²) in [5.74, 6) is 0.944. The zero-order valence-electron chi connectivity index (χ0n) is 38.2. The highest BCUT2D eigenvalue weighted by molar-refractivity contribution is 6.34. The fraction of sp³-hybridized carbons (Fsp3) is 0.0455. The van der Waals surface area contributed by atoms with E-state index in [2.05, 4.69) is 242 Å². The number of hydrogen-bond acceptors (Lipinski definition) is 2. The first-order chi connectivity index (χ1) is 34.0. The molecular weight excluding hydrogens is 835 g/mol. The number of hydrogen-bond donors (Lipinski definition) is 0. The Kier molecular flexibility index (Phi) is 7.84. The van der Waals surface area contributed by atoms with E-state index in [1.165, 1.54) is 109 Å². The molecule has 0 saturated heterocycles. The number of fused-ring (bicyclic) bond motifs is 19. The van der Waals surface area contributed by atoms with Crippen LogP contribution in [0.25, 0.3) is 114 Å². The Labute approximate surface area is 398 Å². The molecule has 3 heteroatoms. The second-order valence-electron chi connectivity index (χ2n) is 19.4. The smallest absolute Gasteiger partial charge is 0.145 e. The zero-order valence-corrected chi connectivity index (χ0v) is 38.2. The second-order valence-corrected chi connectivity index (χ2v) is 19.4. The minimum Gasteiger partial charge on any atom is -0.310 e. The Morgan fingerprint density at radius 2 is 0.928 bits per heavy atom. The number of benzene rings is 12. The van der Waals surface area contributed by atoms with Gasteiger partial charge < -0.3 is 4.90 Å². The first-order valence-corrected chi connectivity index (χ1v) is 24.0. The number of para-hydroxylation sites is 1. The zero-order chi connectivity index (χ0) is 45.5. The summed E-state index contributed by atoms with van der Waals surface area (Å²) in [5.41, 5.74) is 10.7. The molecule has 0 amide bonds. The van der Waals surface area contributed by atoms with Crippen LogP contribution in [-0.4, -0.2) is 9.55 Å². The average Bonchev–Trinajstić information content (AvgIpc) is 3.84. The molecule has 2 aromatic heterocycles. The molecular formula is C66H43N3. The van der Waals surface area contributed by atoms with Gasteiger partial charge in [0.05, 0.1) is 16.7 Å². The van der Waals surface area contributed by atoms with Gasteiger partial charge in [-0.15, -0.1) is 0 Å². The summed E-state index contributed by atoms with van der Waals surface area (Å²) in [7, 11) is 0. The van der Waals surface area contributed by atoms with E-state index in [1.54, 1.807) is 0 Å². The topological polar surface area (TPSA) is 21.1 Å². The second kappa shape index (κ2) is 14.1. The number of aromatic nitrogens is 2. The minimum atomic E-state index is -0.301. The normalized spacial score (nSPS) is 13.2. The van der Waals surface area contributed by atoms with E-state index in [4.69, 9.17) is 4.98 Å². The molecule has 0 fully saturated rings. The van der Waals surface area contributed by atoms with Gasteiger partial charge in [-0.3, -0.25) is 4.57 Å². The molecule has 0 atom stereocenters. The van der Waals surface area contributed by atoms with E-state index in [-0.39, 0.29) is 5.41 Å². The van der Waals surface area contributed by atoms with E-state index in [1.807, 2.05) is 6.20 Å². The van der Waals surface area contributed by atoms with Crippen molar-refractivity contribution in [3.63, 3.8) is 0 Å². The fourth-order valence-corrected chi connectivity index (χ4v) is 12.4. The molecule has 0 unspecified atom stereocenters. The van der Waals surface area contributed by atoms with Crippen molar-refractivity contribution in [3.8, 4) is 16.9 Å². The maximum Gasteiger partial charge on any atom is 0.145 e. The number of pyridine rings is 1. The highest BCUT2D eigenvalue weighted by atomic mass is 15.1. The SMILES string of the molecule is CC1(C)c2cc(N(c3ccccc3)c3cc4c5ccccc5ccc4c4ccccc34)ccc2-c2cc3c(cc21)c1ccc2c4ccccc4c4ccccc4c2c1n3-c1nccc2ccccc12. The van der Waals surface area contributed by atoms with E-state index in [0.717, 1.165) is 33.8 Å². The molecule has 1 aliphatic rings. The molecule has 0 saturated carbocycles. The lowest BCUT2D eigenvalue weighted by atomic mass is 9.81. The highest BCUT2D eigenvalue weighted by Gasteiger charge is 2.38. The molecule has 12 aromatic carbocycles. The lowest BCUT2D eigenvalue weighted by Crippen LogP contribution is -2.16. The number of nitrogens with zero attached hydrogens (tertiary/aromatic N) is 3.